The van der Waals surface area contributed by atoms with Crippen molar-refractivity contribution in [3.05, 3.63) is 66.4 Å². The van der Waals surface area contributed by atoms with Gasteiger partial charge in [-0.1, -0.05) is 42.1 Å². The number of ether oxygens (including phenoxy) is 1. The van der Waals surface area contributed by atoms with Gasteiger partial charge in [0.15, 0.2) is 0 Å². The van der Waals surface area contributed by atoms with Crippen molar-refractivity contribution in [1.82, 2.24) is 0 Å². The van der Waals surface area contributed by atoms with Gasteiger partial charge in [-0.25, -0.2) is 4.99 Å². The number of aliphatic imine (C=N–C) groups is 1. The van der Waals surface area contributed by atoms with Crippen molar-refractivity contribution in [2.24, 2.45) is 4.99 Å². The summed E-state index contributed by atoms with van der Waals surface area (Å²) in [7, 11) is 0. The van der Waals surface area contributed by atoms with E-state index in [1.807, 2.05) is 61.5 Å². The van der Waals surface area contributed by atoms with Crippen LogP contribution in [0.1, 0.15) is 20.3 Å². The molecule has 0 saturated carbocycles. The molecule has 0 aromatic heterocycles. The van der Waals surface area contributed by atoms with Crippen LogP contribution in [-0.4, -0.2) is 28.8 Å². The van der Waals surface area contributed by atoms with E-state index in [4.69, 9.17) is 4.74 Å². The lowest BCUT2D eigenvalue weighted by Gasteiger charge is -2.12. The molecule has 2 aromatic rings. The van der Waals surface area contributed by atoms with Gasteiger partial charge in [-0.15, -0.1) is 0 Å². The Morgan fingerprint density at radius 2 is 1.86 bits per heavy atom. The Morgan fingerprint density at radius 3 is 2.62 bits per heavy atom. The van der Waals surface area contributed by atoms with Gasteiger partial charge in [-0.05, 0) is 44.2 Å². The third kappa shape index (κ3) is 5.96. The maximum absolute atomic E-state index is 12.6. The second-order valence-electron chi connectivity index (χ2n) is 6.36. The molecule has 0 radical (unpaired) electrons. The van der Waals surface area contributed by atoms with Crippen molar-refractivity contribution in [2.75, 3.05) is 17.2 Å². The molecule has 150 valence electrons. The summed E-state index contributed by atoms with van der Waals surface area (Å²) < 4.78 is 5.06. The average molecular weight is 410 g/mol. The Balaban J connectivity index is 1.77. The summed E-state index contributed by atoms with van der Waals surface area (Å²) in [6.45, 7) is 3.93. The Hall–Kier alpha value is -3.06. The first-order chi connectivity index (χ1) is 14.0. The fraction of sp³-hybridized carbons (Fsp3) is 0.227. The Kier molecular flexibility index (Phi) is 7.08. The lowest BCUT2D eigenvalue weighted by atomic mass is 10.2. The molecule has 0 aliphatic carbocycles. The summed E-state index contributed by atoms with van der Waals surface area (Å²) in [5.41, 5.74) is 2.98. The third-order valence-electron chi connectivity index (χ3n) is 4.08. The SMILES string of the molecule is CCOC(=O)CC1=CC(S[C@H](C)C(=O)Nc2ccccc2)=Nc2ccccc2N1. The number of esters is 1. The summed E-state index contributed by atoms with van der Waals surface area (Å²) in [5, 5.41) is 6.43. The highest BCUT2D eigenvalue weighted by Gasteiger charge is 2.20. The van der Waals surface area contributed by atoms with Crippen molar-refractivity contribution >= 4 is 45.7 Å². The molecule has 1 aliphatic heterocycles. The lowest BCUT2D eigenvalue weighted by Crippen LogP contribution is -2.23. The van der Waals surface area contributed by atoms with Crippen LogP contribution in [0, 0.1) is 0 Å². The van der Waals surface area contributed by atoms with Gasteiger partial charge in [0.2, 0.25) is 5.91 Å². The summed E-state index contributed by atoms with van der Waals surface area (Å²) in [6, 6.07) is 16.9. The van der Waals surface area contributed by atoms with Crippen LogP contribution < -0.4 is 10.6 Å². The van der Waals surface area contributed by atoms with E-state index in [0.717, 1.165) is 17.1 Å². The number of nitrogens with one attached hydrogen (secondary N) is 2. The van der Waals surface area contributed by atoms with E-state index in [1.54, 1.807) is 13.0 Å². The second kappa shape index (κ2) is 9.93. The number of nitrogens with zero attached hydrogens (tertiary/aromatic N) is 1. The molecule has 0 spiro atoms. The molecule has 3 rings (SSSR count). The highest BCUT2D eigenvalue weighted by molar-refractivity contribution is 8.15. The van der Waals surface area contributed by atoms with E-state index in [0.29, 0.717) is 17.3 Å². The van der Waals surface area contributed by atoms with Crippen LogP contribution in [-0.2, 0) is 14.3 Å². The number of carbonyl (C=O) groups excluding carboxylic acids is 2. The molecule has 6 nitrogen and oxygen atoms in total. The third-order valence-corrected chi connectivity index (χ3v) is 5.09. The number of hydrogen-bond donors (Lipinski definition) is 2. The molecule has 0 fully saturated rings. The first kappa shape index (κ1) is 20.7. The number of para-hydroxylation sites is 3. The van der Waals surface area contributed by atoms with Crippen molar-refractivity contribution in [2.45, 2.75) is 25.5 Å². The molecule has 2 N–H and O–H groups in total. The van der Waals surface area contributed by atoms with Gasteiger partial charge >= 0.3 is 5.97 Å². The van der Waals surface area contributed by atoms with E-state index in [-0.39, 0.29) is 23.5 Å². The van der Waals surface area contributed by atoms with Crippen molar-refractivity contribution < 1.29 is 14.3 Å². The predicted molar refractivity (Wildman–Crippen MR) is 119 cm³/mol. The van der Waals surface area contributed by atoms with Gasteiger partial charge in [-0.2, -0.15) is 0 Å². The Bertz CT molecular complexity index is 941. The summed E-state index contributed by atoms with van der Waals surface area (Å²) in [5.74, 6) is -0.431. The summed E-state index contributed by atoms with van der Waals surface area (Å²) in [4.78, 5) is 29.2. The van der Waals surface area contributed by atoms with Crippen LogP contribution in [0.15, 0.2) is 71.4 Å². The van der Waals surface area contributed by atoms with Crippen molar-refractivity contribution in [3.8, 4) is 0 Å². The zero-order valence-electron chi connectivity index (χ0n) is 16.3. The molecule has 1 aliphatic rings. The fourth-order valence-electron chi connectivity index (χ4n) is 2.71. The maximum atomic E-state index is 12.6. The molecule has 0 saturated heterocycles. The van der Waals surface area contributed by atoms with Gasteiger partial charge in [-0.3, -0.25) is 9.59 Å². The summed E-state index contributed by atoms with van der Waals surface area (Å²) >= 11 is 1.34. The van der Waals surface area contributed by atoms with Crippen LogP contribution in [0.4, 0.5) is 17.1 Å². The van der Waals surface area contributed by atoms with Gasteiger partial charge < -0.3 is 15.4 Å². The van der Waals surface area contributed by atoms with Crippen LogP contribution >= 0.6 is 11.8 Å². The number of thioether (sulfide) groups is 1. The van der Waals surface area contributed by atoms with Crippen LogP contribution in [0.3, 0.4) is 0 Å². The zero-order chi connectivity index (χ0) is 20.6. The average Bonchev–Trinajstić information content (AvgIpc) is 2.87. The Morgan fingerprint density at radius 1 is 1.14 bits per heavy atom. The topological polar surface area (TPSA) is 79.8 Å². The molecule has 0 unspecified atom stereocenters. The molecule has 2 aromatic carbocycles. The molecular weight excluding hydrogens is 386 g/mol. The molecule has 1 atom stereocenters. The highest BCUT2D eigenvalue weighted by Crippen LogP contribution is 2.32. The molecule has 0 bridgehead atoms. The first-order valence-corrected chi connectivity index (χ1v) is 10.3. The number of hydrogen-bond acceptors (Lipinski definition) is 6. The monoisotopic (exact) mass is 409 g/mol. The minimum absolute atomic E-state index is 0.104. The second-order valence-corrected chi connectivity index (χ2v) is 7.72. The molecular formula is C22H23N3O3S. The smallest absolute Gasteiger partial charge is 0.311 e. The van der Waals surface area contributed by atoms with Crippen LogP contribution in [0.5, 0.6) is 0 Å². The predicted octanol–water partition coefficient (Wildman–Crippen LogP) is 4.74. The number of amides is 1. The van der Waals surface area contributed by atoms with Crippen LogP contribution in [0.25, 0.3) is 0 Å². The highest BCUT2D eigenvalue weighted by atomic mass is 32.2. The van der Waals surface area contributed by atoms with Crippen LogP contribution in [0.2, 0.25) is 0 Å². The Labute approximate surface area is 174 Å². The normalized spacial score (nSPS) is 13.7. The van der Waals surface area contributed by atoms with Gasteiger partial charge in [0.05, 0.1) is 34.7 Å². The van der Waals surface area contributed by atoms with E-state index in [1.165, 1.54) is 11.8 Å². The molecule has 1 heterocycles. The van der Waals surface area contributed by atoms with E-state index in [9.17, 15) is 9.59 Å². The van der Waals surface area contributed by atoms with Gasteiger partial charge in [0, 0.05) is 11.4 Å². The fourth-order valence-corrected chi connectivity index (χ4v) is 3.60. The largest absolute Gasteiger partial charge is 0.466 e. The summed E-state index contributed by atoms with van der Waals surface area (Å²) in [6.07, 6.45) is 1.90. The number of benzene rings is 2. The van der Waals surface area contributed by atoms with E-state index >= 15 is 0 Å². The maximum Gasteiger partial charge on any atom is 0.311 e. The number of anilines is 2. The zero-order valence-corrected chi connectivity index (χ0v) is 17.2. The first-order valence-electron chi connectivity index (χ1n) is 9.38. The number of rotatable bonds is 6. The van der Waals surface area contributed by atoms with Crippen molar-refractivity contribution in [3.63, 3.8) is 0 Å². The van der Waals surface area contributed by atoms with E-state index in [2.05, 4.69) is 15.6 Å². The molecule has 7 heteroatoms. The molecule has 29 heavy (non-hydrogen) atoms. The quantitative estimate of drug-likeness (QED) is 0.674. The van der Waals surface area contributed by atoms with E-state index < -0.39 is 0 Å². The molecule has 1 amide bonds. The number of carbonyl (C=O) groups is 2. The van der Waals surface area contributed by atoms with Gasteiger partial charge in [0.1, 0.15) is 0 Å². The lowest BCUT2D eigenvalue weighted by molar-refractivity contribution is -0.142. The standard InChI is InChI=1S/C22H23N3O3S/c1-3-28-21(26)14-17-13-20(25-19-12-8-7-11-18(19)23-17)29-15(2)22(27)24-16-9-5-4-6-10-16/h4-13,15,23H,3,14H2,1-2H3,(H,24,27)/t15-/m1/s1. The number of fused-ring (bicyclic) bond motifs is 1. The van der Waals surface area contributed by atoms with Crippen molar-refractivity contribution in [1.29, 1.82) is 0 Å². The minimum atomic E-state index is -0.376. The minimum Gasteiger partial charge on any atom is -0.466 e. The van der Waals surface area contributed by atoms with Gasteiger partial charge in [0.25, 0.3) is 0 Å².